The van der Waals surface area contributed by atoms with Crippen LogP contribution in [0.3, 0.4) is 0 Å². The topological polar surface area (TPSA) is 3.24 Å². The molecule has 2 aliphatic heterocycles. The highest BCUT2D eigenvalue weighted by molar-refractivity contribution is 8.00. The van der Waals surface area contributed by atoms with Gasteiger partial charge in [0.25, 0.3) is 0 Å². The maximum absolute atomic E-state index is 2.42. The molecule has 4 aromatic rings. The van der Waals surface area contributed by atoms with Gasteiger partial charge in [0, 0.05) is 31.7 Å². The molecule has 0 aromatic heterocycles. The molecule has 0 atom stereocenters. The van der Waals surface area contributed by atoms with Crippen molar-refractivity contribution in [2.45, 2.75) is 32.9 Å². The Morgan fingerprint density at radius 2 is 1.41 bits per heavy atom. The van der Waals surface area contributed by atoms with E-state index in [2.05, 4.69) is 96.8 Å². The highest BCUT2D eigenvalue weighted by Crippen LogP contribution is 2.55. The van der Waals surface area contributed by atoms with Crippen LogP contribution in [0.4, 0.5) is 17.1 Å². The van der Waals surface area contributed by atoms with E-state index in [1.807, 2.05) is 23.5 Å². The number of hydrogen-bond acceptors (Lipinski definition) is 3. The van der Waals surface area contributed by atoms with Crippen molar-refractivity contribution < 1.29 is 0 Å². The van der Waals surface area contributed by atoms with Gasteiger partial charge in [-0.1, -0.05) is 71.6 Å². The fourth-order valence-electron chi connectivity index (χ4n) is 4.15. The van der Waals surface area contributed by atoms with Crippen LogP contribution in [0.5, 0.6) is 0 Å². The fraction of sp³-hybridized carbons (Fsp3) is 0.0769. The number of fused-ring (bicyclic) bond motifs is 5. The van der Waals surface area contributed by atoms with Crippen molar-refractivity contribution >= 4 is 40.6 Å². The molecule has 0 bridgehead atoms. The van der Waals surface area contributed by atoms with Crippen molar-refractivity contribution in [3.05, 3.63) is 102 Å². The van der Waals surface area contributed by atoms with Crippen molar-refractivity contribution in [3.63, 3.8) is 0 Å². The minimum atomic E-state index is 0.999. The Morgan fingerprint density at radius 3 is 2.28 bits per heavy atom. The number of para-hydroxylation sites is 1. The summed E-state index contributed by atoms with van der Waals surface area (Å²) in [6.07, 6.45) is 0.999. The minimum absolute atomic E-state index is 0.999. The molecule has 140 valence electrons. The smallest absolute Gasteiger partial charge is 0.0605 e. The zero-order valence-corrected chi connectivity index (χ0v) is 17.7. The highest BCUT2D eigenvalue weighted by Gasteiger charge is 2.29. The van der Waals surface area contributed by atoms with Crippen LogP contribution in [0, 0.1) is 6.92 Å². The summed E-state index contributed by atoms with van der Waals surface area (Å²) in [5, 5.41) is 0. The maximum Gasteiger partial charge on any atom is 0.0605 e. The van der Waals surface area contributed by atoms with E-state index in [-0.39, 0.29) is 0 Å². The molecule has 0 saturated heterocycles. The number of aryl methyl sites for hydroxylation is 1. The molecule has 0 spiro atoms. The monoisotopic (exact) mass is 409 g/mol. The van der Waals surface area contributed by atoms with E-state index < -0.39 is 0 Å². The van der Waals surface area contributed by atoms with E-state index in [1.54, 1.807) is 0 Å². The van der Waals surface area contributed by atoms with Gasteiger partial charge in [-0.15, -0.1) is 0 Å². The number of hydrogen-bond donors (Lipinski definition) is 0. The van der Waals surface area contributed by atoms with Gasteiger partial charge in [0.15, 0.2) is 0 Å². The van der Waals surface area contributed by atoms with Crippen LogP contribution in [0.1, 0.15) is 16.7 Å². The van der Waals surface area contributed by atoms with Gasteiger partial charge < -0.3 is 4.90 Å². The first-order valence-corrected chi connectivity index (χ1v) is 11.5. The summed E-state index contributed by atoms with van der Waals surface area (Å²) in [7, 11) is 0. The average molecular weight is 410 g/mol. The second-order valence-corrected chi connectivity index (χ2v) is 9.65. The van der Waals surface area contributed by atoms with E-state index in [0.29, 0.717) is 0 Å². The fourth-order valence-corrected chi connectivity index (χ4v) is 6.50. The predicted octanol–water partition coefficient (Wildman–Crippen LogP) is 7.98. The zero-order chi connectivity index (χ0) is 19.4. The van der Waals surface area contributed by atoms with Gasteiger partial charge >= 0.3 is 0 Å². The molecule has 0 aliphatic carbocycles. The first-order chi connectivity index (χ1) is 14.3. The Kier molecular flexibility index (Phi) is 4.00. The molecule has 3 heteroatoms. The first-order valence-electron chi connectivity index (χ1n) is 9.83. The van der Waals surface area contributed by atoms with Crippen LogP contribution in [0.2, 0.25) is 0 Å². The highest BCUT2D eigenvalue weighted by atomic mass is 32.2. The van der Waals surface area contributed by atoms with Crippen LogP contribution in [0.25, 0.3) is 0 Å². The number of anilines is 3. The molecule has 1 nitrogen and oxygen atoms in total. The summed E-state index contributed by atoms with van der Waals surface area (Å²) in [6, 6.07) is 31.0. The second kappa shape index (κ2) is 6.72. The lowest BCUT2D eigenvalue weighted by atomic mass is 10.0. The average Bonchev–Trinajstić information content (AvgIpc) is 2.77. The third-order valence-electron chi connectivity index (χ3n) is 5.61. The van der Waals surface area contributed by atoms with Gasteiger partial charge in [-0.2, -0.15) is 0 Å². The molecule has 6 rings (SSSR count). The predicted molar refractivity (Wildman–Crippen MR) is 123 cm³/mol. The van der Waals surface area contributed by atoms with Gasteiger partial charge in [0.2, 0.25) is 0 Å². The molecule has 2 heterocycles. The third kappa shape index (κ3) is 2.80. The van der Waals surface area contributed by atoms with Crippen molar-refractivity contribution in [2.75, 3.05) is 4.90 Å². The van der Waals surface area contributed by atoms with E-state index in [0.717, 1.165) is 6.42 Å². The molecule has 0 unspecified atom stereocenters. The molecule has 0 fully saturated rings. The van der Waals surface area contributed by atoms with Crippen molar-refractivity contribution in [1.29, 1.82) is 0 Å². The van der Waals surface area contributed by atoms with Gasteiger partial charge in [0.05, 0.1) is 11.4 Å². The van der Waals surface area contributed by atoms with E-state index in [1.165, 1.54) is 53.3 Å². The van der Waals surface area contributed by atoms with Crippen LogP contribution in [-0.2, 0) is 6.42 Å². The van der Waals surface area contributed by atoms with Gasteiger partial charge in [0.1, 0.15) is 0 Å². The third-order valence-corrected chi connectivity index (χ3v) is 8.05. The van der Waals surface area contributed by atoms with Crippen LogP contribution >= 0.6 is 23.5 Å². The summed E-state index contributed by atoms with van der Waals surface area (Å²) in [5.41, 5.74) is 7.94. The number of rotatable bonds is 1. The second-order valence-electron chi connectivity index (χ2n) is 7.52. The van der Waals surface area contributed by atoms with Gasteiger partial charge in [-0.05, 0) is 60.5 Å². The molecule has 0 N–H and O–H groups in total. The zero-order valence-electron chi connectivity index (χ0n) is 16.1. The Morgan fingerprint density at radius 1 is 0.655 bits per heavy atom. The quantitative estimate of drug-likeness (QED) is 0.271. The molecule has 2 aliphatic rings. The van der Waals surface area contributed by atoms with Crippen molar-refractivity contribution in [3.8, 4) is 0 Å². The maximum atomic E-state index is 2.42. The summed E-state index contributed by atoms with van der Waals surface area (Å²) >= 11 is 3.82. The van der Waals surface area contributed by atoms with E-state index in [9.17, 15) is 0 Å². The largest absolute Gasteiger partial charge is 0.308 e. The lowest BCUT2D eigenvalue weighted by Gasteiger charge is -2.35. The van der Waals surface area contributed by atoms with Crippen molar-refractivity contribution in [2.24, 2.45) is 0 Å². The Balaban J connectivity index is 1.56. The van der Waals surface area contributed by atoms with Crippen molar-refractivity contribution in [1.82, 2.24) is 0 Å². The number of benzene rings is 4. The Bertz CT molecular complexity index is 1240. The van der Waals surface area contributed by atoms with Crippen LogP contribution in [0.15, 0.2) is 105 Å². The Labute approximate surface area is 179 Å². The van der Waals surface area contributed by atoms with Gasteiger partial charge in [-0.3, -0.25) is 0 Å². The normalized spacial score (nSPS) is 13.9. The summed E-state index contributed by atoms with van der Waals surface area (Å²) in [6.45, 7) is 2.14. The first kappa shape index (κ1) is 17.3. The van der Waals surface area contributed by atoms with Crippen LogP contribution in [-0.4, -0.2) is 0 Å². The summed E-state index contributed by atoms with van der Waals surface area (Å²) in [5.74, 6) is 0. The van der Waals surface area contributed by atoms with E-state index >= 15 is 0 Å². The SMILES string of the molecule is Cc1ccc(N2c3ccccc3Sc3c2ccc2c3Cc3ccccc3S2)cc1. The van der Waals surface area contributed by atoms with E-state index in [4.69, 9.17) is 0 Å². The molecule has 0 saturated carbocycles. The molecular formula is C26H19NS2. The summed E-state index contributed by atoms with van der Waals surface area (Å²) < 4.78 is 0. The molecular weight excluding hydrogens is 390 g/mol. The molecule has 0 amide bonds. The molecule has 0 radical (unpaired) electrons. The summed E-state index contributed by atoms with van der Waals surface area (Å²) in [4.78, 5) is 7.91. The van der Waals surface area contributed by atoms with Crippen LogP contribution < -0.4 is 4.90 Å². The lowest BCUT2D eigenvalue weighted by molar-refractivity contribution is 0.993. The van der Waals surface area contributed by atoms with Gasteiger partial charge in [-0.25, -0.2) is 0 Å². The standard InChI is InChI=1S/C26H19NS2/c1-17-10-12-19(13-11-17)27-21-7-3-5-9-25(21)29-26-20-16-18-6-2-4-8-23(18)28-24(20)15-14-22(26)27/h2-15H,16H2,1H3. The minimum Gasteiger partial charge on any atom is -0.308 e. The Hall–Kier alpha value is -2.62. The number of nitrogens with zero attached hydrogens (tertiary/aromatic N) is 1. The molecule has 29 heavy (non-hydrogen) atoms. The lowest BCUT2D eigenvalue weighted by Crippen LogP contribution is -2.16. The molecule has 4 aromatic carbocycles.